The molecule has 0 amide bonds. The van der Waals surface area contributed by atoms with Crippen LogP contribution in [0.2, 0.25) is 0 Å². The Balaban J connectivity index is 1.91. The Morgan fingerprint density at radius 3 is 3.08 bits per heavy atom. The number of aryl methyl sites for hydroxylation is 1. The van der Waals surface area contributed by atoms with Crippen LogP contribution in [0, 0.1) is 12.8 Å². The highest BCUT2D eigenvalue weighted by Gasteiger charge is 2.18. The van der Waals surface area contributed by atoms with Crippen LogP contribution in [-0.2, 0) is 4.79 Å². The Bertz CT molecular complexity index is 778. The quantitative estimate of drug-likeness (QED) is 0.490. The molecule has 2 heterocycles. The van der Waals surface area contributed by atoms with E-state index in [4.69, 9.17) is 9.52 Å². The van der Waals surface area contributed by atoms with Crippen LogP contribution < -0.4 is 0 Å². The number of thioether (sulfide) groups is 1. The van der Waals surface area contributed by atoms with Crippen LogP contribution in [0.25, 0.3) is 11.4 Å². The summed E-state index contributed by atoms with van der Waals surface area (Å²) in [6, 6.07) is 1.81. The molecule has 0 saturated heterocycles. The first-order chi connectivity index (χ1) is 11.6. The molecule has 0 spiro atoms. The topological polar surface area (TPSA) is 93.5 Å². The van der Waals surface area contributed by atoms with Gasteiger partial charge in [0.2, 0.25) is 5.16 Å². The minimum absolute atomic E-state index is 0.0931. The highest BCUT2D eigenvalue weighted by Crippen LogP contribution is 2.27. The van der Waals surface area contributed by atoms with Crippen molar-refractivity contribution in [3.63, 3.8) is 0 Å². The van der Waals surface area contributed by atoms with Crippen LogP contribution in [0.4, 0.5) is 0 Å². The van der Waals surface area contributed by atoms with Gasteiger partial charge in [0.05, 0.1) is 17.6 Å². The van der Waals surface area contributed by atoms with E-state index in [1.165, 1.54) is 0 Å². The van der Waals surface area contributed by atoms with Crippen molar-refractivity contribution < 1.29 is 14.3 Å². The van der Waals surface area contributed by atoms with E-state index < -0.39 is 5.97 Å². The summed E-state index contributed by atoms with van der Waals surface area (Å²) in [5, 5.41) is 22.2. The summed E-state index contributed by atoms with van der Waals surface area (Å²) >= 11 is 1.10. The first-order valence-corrected chi connectivity index (χ1v) is 8.67. The number of aliphatic carboxylic acids is 1. The lowest BCUT2D eigenvalue weighted by molar-refractivity contribution is -0.133. The Kier molecular flexibility index (Phi) is 5.14. The number of hydrogen-bond donors (Lipinski definition) is 1. The molecule has 1 atom stereocenters. The molecule has 24 heavy (non-hydrogen) atoms. The van der Waals surface area contributed by atoms with Crippen LogP contribution in [0.5, 0.6) is 0 Å². The van der Waals surface area contributed by atoms with Gasteiger partial charge in [0.25, 0.3) is 0 Å². The Morgan fingerprint density at radius 1 is 1.54 bits per heavy atom. The predicted molar refractivity (Wildman–Crippen MR) is 91.2 cm³/mol. The highest BCUT2D eigenvalue weighted by atomic mass is 32.2. The maximum Gasteiger partial charge on any atom is 0.313 e. The van der Waals surface area contributed by atoms with Gasteiger partial charge in [-0.2, -0.15) is 9.78 Å². The van der Waals surface area contributed by atoms with Gasteiger partial charge in [0, 0.05) is 6.21 Å². The Labute approximate surface area is 143 Å². The number of allylic oxidation sites excluding steroid dienone is 2. The predicted octanol–water partition coefficient (Wildman–Crippen LogP) is 3.21. The van der Waals surface area contributed by atoms with Gasteiger partial charge in [-0.25, -0.2) is 0 Å². The summed E-state index contributed by atoms with van der Waals surface area (Å²) in [4.78, 5) is 10.8. The molecule has 1 aliphatic rings. The largest absolute Gasteiger partial charge is 0.481 e. The second kappa shape index (κ2) is 7.48. The van der Waals surface area contributed by atoms with Crippen molar-refractivity contribution in [2.24, 2.45) is 11.0 Å². The monoisotopic (exact) mass is 346 g/mol. The zero-order chi connectivity index (χ0) is 16.9. The molecule has 0 aromatic carbocycles. The SMILES string of the molecule is Cc1occc1-c1nnc(SCC(=O)O)n1/N=C/C1CC=CCC1. The lowest BCUT2D eigenvalue weighted by Crippen LogP contribution is -2.06. The zero-order valence-corrected chi connectivity index (χ0v) is 14.1. The normalized spacial score (nSPS) is 17.6. The first kappa shape index (κ1) is 16.5. The van der Waals surface area contributed by atoms with Gasteiger partial charge < -0.3 is 9.52 Å². The van der Waals surface area contributed by atoms with E-state index >= 15 is 0 Å². The van der Waals surface area contributed by atoms with Crippen LogP contribution in [0.15, 0.2) is 39.2 Å². The molecule has 0 aliphatic heterocycles. The number of carbonyl (C=O) groups is 1. The van der Waals surface area contributed by atoms with Crippen LogP contribution in [0.3, 0.4) is 0 Å². The minimum atomic E-state index is -0.906. The lowest BCUT2D eigenvalue weighted by atomic mass is 9.96. The van der Waals surface area contributed by atoms with Gasteiger partial charge in [-0.05, 0) is 38.2 Å². The summed E-state index contributed by atoms with van der Waals surface area (Å²) in [7, 11) is 0. The number of furan rings is 1. The average molecular weight is 346 g/mol. The van der Waals surface area contributed by atoms with Crippen LogP contribution in [0.1, 0.15) is 25.0 Å². The summed E-state index contributed by atoms with van der Waals surface area (Å²) in [6.45, 7) is 1.84. The van der Waals surface area contributed by atoms with Crippen LogP contribution in [-0.4, -0.2) is 37.9 Å². The van der Waals surface area contributed by atoms with Crippen LogP contribution >= 0.6 is 11.8 Å². The van der Waals surface area contributed by atoms with E-state index in [-0.39, 0.29) is 5.75 Å². The van der Waals surface area contributed by atoms with Gasteiger partial charge in [-0.15, -0.1) is 10.2 Å². The maximum absolute atomic E-state index is 10.8. The summed E-state index contributed by atoms with van der Waals surface area (Å²) in [5.74, 6) is 0.639. The maximum atomic E-state index is 10.8. The Hall–Kier alpha value is -2.35. The molecule has 3 rings (SSSR count). The third-order valence-electron chi connectivity index (χ3n) is 3.74. The van der Waals surface area contributed by atoms with Crippen molar-refractivity contribution in [2.45, 2.75) is 31.3 Å². The molecule has 7 nitrogen and oxygen atoms in total. The molecule has 126 valence electrons. The Morgan fingerprint density at radius 2 is 2.42 bits per heavy atom. The second-order valence-corrected chi connectivity index (χ2v) is 6.44. The second-order valence-electron chi connectivity index (χ2n) is 5.50. The van der Waals surface area contributed by atoms with Gasteiger partial charge in [-0.3, -0.25) is 4.79 Å². The molecule has 1 aliphatic carbocycles. The summed E-state index contributed by atoms with van der Waals surface area (Å²) < 4.78 is 6.93. The molecule has 2 aromatic heterocycles. The molecular formula is C16H18N4O3S. The highest BCUT2D eigenvalue weighted by molar-refractivity contribution is 7.99. The van der Waals surface area contributed by atoms with Crippen molar-refractivity contribution in [1.82, 2.24) is 14.9 Å². The van der Waals surface area contributed by atoms with Crippen molar-refractivity contribution in [1.29, 1.82) is 0 Å². The third-order valence-corrected chi connectivity index (χ3v) is 4.64. The summed E-state index contributed by atoms with van der Waals surface area (Å²) in [6.07, 6.45) is 10.9. The number of carboxylic acid groups (broad SMARTS) is 1. The number of carboxylic acids is 1. The molecule has 0 saturated carbocycles. The fraction of sp³-hybridized carbons (Fsp3) is 0.375. The fourth-order valence-electron chi connectivity index (χ4n) is 2.48. The van der Waals surface area contributed by atoms with E-state index in [1.807, 2.05) is 13.1 Å². The van der Waals surface area contributed by atoms with Gasteiger partial charge in [0.1, 0.15) is 5.76 Å². The van der Waals surface area contributed by atoms with Gasteiger partial charge >= 0.3 is 5.97 Å². The van der Waals surface area contributed by atoms with Gasteiger partial charge in [-0.1, -0.05) is 23.9 Å². The molecule has 2 aromatic rings. The molecule has 0 fully saturated rings. The third kappa shape index (κ3) is 3.76. The summed E-state index contributed by atoms with van der Waals surface area (Å²) in [5.41, 5.74) is 0.797. The lowest BCUT2D eigenvalue weighted by Gasteiger charge is -2.12. The number of hydrogen-bond acceptors (Lipinski definition) is 6. The average Bonchev–Trinajstić information content (AvgIpc) is 3.17. The zero-order valence-electron chi connectivity index (χ0n) is 13.3. The van der Waals surface area contributed by atoms with Crippen molar-refractivity contribution in [2.75, 3.05) is 5.75 Å². The molecule has 0 bridgehead atoms. The van der Waals surface area contributed by atoms with E-state index in [9.17, 15) is 4.79 Å². The van der Waals surface area contributed by atoms with E-state index in [1.54, 1.807) is 17.0 Å². The standard InChI is InChI=1S/C16H18N4O3S/c1-11-13(7-8-23-11)15-18-19-16(24-10-14(21)22)20(15)17-9-12-5-3-2-4-6-12/h2-3,7-9,12H,4-6,10H2,1H3,(H,21,22)/b17-9+. The molecule has 1 N–H and O–H groups in total. The number of nitrogens with zero attached hydrogens (tertiary/aromatic N) is 4. The van der Waals surface area contributed by atoms with Crippen molar-refractivity contribution in [3.8, 4) is 11.4 Å². The molecule has 0 radical (unpaired) electrons. The van der Waals surface area contributed by atoms with E-state index in [2.05, 4.69) is 27.5 Å². The number of aromatic nitrogens is 3. The minimum Gasteiger partial charge on any atom is -0.481 e. The van der Waals surface area contributed by atoms with Crippen molar-refractivity contribution >= 4 is 23.9 Å². The van der Waals surface area contributed by atoms with E-state index in [0.717, 1.165) is 36.6 Å². The first-order valence-electron chi connectivity index (χ1n) is 7.69. The molecule has 1 unspecified atom stereocenters. The van der Waals surface area contributed by atoms with Gasteiger partial charge in [0.15, 0.2) is 5.82 Å². The smallest absolute Gasteiger partial charge is 0.313 e. The molecule has 8 heteroatoms. The number of rotatable bonds is 6. The molecular weight excluding hydrogens is 328 g/mol. The fourth-order valence-corrected chi connectivity index (χ4v) is 3.09. The van der Waals surface area contributed by atoms with E-state index in [0.29, 0.717) is 22.7 Å². The van der Waals surface area contributed by atoms with Crippen molar-refractivity contribution in [3.05, 3.63) is 30.2 Å².